The molecule has 0 radical (unpaired) electrons. The van der Waals surface area contributed by atoms with E-state index in [1.165, 1.54) is 24.3 Å². The molecule has 10 aromatic rings. The number of halogens is 4. The molecular weight excluding hydrogens is 1100 g/mol. The lowest BCUT2D eigenvalue weighted by Gasteiger charge is -2.36. The van der Waals surface area contributed by atoms with Gasteiger partial charge in [0.2, 0.25) is 0 Å². The predicted molar refractivity (Wildman–Crippen MR) is 320 cm³/mol. The maximum absolute atomic E-state index is 14.0. The van der Waals surface area contributed by atoms with Crippen LogP contribution in [-0.2, 0) is 11.5 Å². The molecule has 2 unspecified atom stereocenters. The lowest BCUT2D eigenvalue weighted by Crippen LogP contribution is -2.48. The number of H-pyrrole nitrogens is 1. The minimum atomic E-state index is -1.30. The van der Waals surface area contributed by atoms with E-state index in [2.05, 4.69) is 64.2 Å². The van der Waals surface area contributed by atoms with Crippen molar-refractivity contribution >= 4 is 110 Å². The number of para-hydroxylation sites is 2. The number of anilines is 2. The molecular formula is C58H66Cl2F2N10O8Si. The van der Waals surface area contributed by atoms with E-state index in [1.807, 2.05) is 47.0 Å². The summed E-state index contributed by atoms with van der Waals surface area (Å²) in [6, 6.07) is 28.8. The molecule has 4 aromatic carbocycles. The van der Waals surface area contributed by atoms with Gasteiger partial charge in [-0.2, -0.15) is 0 Å². The van der Waals surface area contributed by atoms with Crippen molar-refractivity contribution in [2.45, 2.75) is 51.5 Å². The van der Waals surface area contributed by atoms with Gasteiger partial charge in [0.1, 0.15) is 70.5 Å². The number of rotatable bonds is 13. The smallest absolute Gasteiger partial charge is 0.364 e. The Morgan fingerprint density at radius 1 is 0.654 bits per heavy atom. The molecule has 2 fully saturated rings. The molecule has 81 heavy (non-hydrogen) atoms. The molecule has 0 amide bonds. The van der Waals surface area contributed by atoms with Crippen LogP contribution in [0.2, 0.25) is 25.7 Å². The molecule has 4 N–H and O–H groups in total. The summed E-state index contributed by atoms with van der Waals surface area (Å²) in [7, 11) is -1.30. The molecule has 0 spiro atoms. The second kappa shape index (κ2) is 26.3. The molecule has 18 nitrogen and oxygen atoms in total. The van der Waals surface area contributed by atoms with Crippen molar-refractivity contribution in [2.24, 2.45) is 0 Å². The summed E-state index contributed by atoms with van der Waals surface area (Å²) < 4.78 is 46.6. The zero-order valence-corrected chi connectivity index (χ0v) is 48.1. The van der Waals surface area contributed by atoms with E-state index in [1.54, 1.807) is 49.6 Å². The number of aliphatic hydroxyl groups excluding tert-OH is 3. The summed E-state index contributed by atoms with van der Waals surface area (Å²) in [6.45, 7) is 15.8. The number of nitrogens with one attached hydrogen (secondary N) is 1. The van der Waals surface area contributed by atoms with Gasteiger partial charge in [-0.25, -0.2) is 38.3 Å². The van der Waals surface area contributed by atoms with Crippen molar-refractivity contribution in [1.82, 2.24) is 39.3 Å². The van der Waals surface area contributed by atoms with Crippen molar-refractivity contribution < 1.29 is 37.7 Å². The summed E-state index contributed by atoms with van der Waals surface area (Å²) in [4.78, 5) is 55.0. The second-order valence-electron chi connectivity index (χ2n) is 21.0. The van der Waals surface area contributed by atoms with Crippen molar-refractivity contribution in [2.75, 3.05) is 88.5 Å². The van der Waals surface area contributed by atoms with Crippen LogP contribution in [-0.4, -0.2) is 141 Å². The Bertz CT molecular complexity index is 3900. The Labute approximate surface area is 478 Å². The molecule has 2 saturated heterocycles. The van der Waals surface area contributed by atoms with Gasteiger partial charge in [-0.1, -0.05) is 56.0 Å². The number of aliphatic hydroxyl groups is 3. The molecule has 2 aliphatic rings. The minimum Gasteiger partial charge on any atom is -0.421 e. The first kappa shape index (κ1) is 60.2. The number of ether oxygens (including phenoxy) is 1. The Balaban J connectivity index is 0.000000201. The van der Waals surface area contributed by atoms with Gasteiger partial charge in [-0.15, -0.1) is 24.8 Å². The number of fused-ring (bicyclic) bond motifs is 8. The molecule has 8 heterocycles. The zero-order chi connectivity index (χ0) is 55.4. The predicted octanol–water partition coefficient (Wildman–Crippen LogP) is 9.05. The molecule has 23 heteroatoms. The van der Waals surface area contributed by atoms with Gasteiger partial charge >= 0.3 is 11.3 Å². The van der Waals surface area contributed by atoms with Crippen LogP contribution in [0.4, 0.5) is 20.4 Å². The van der Waals surface area contributed by atoms with E-state index >= 15 is 0 Å². The molecule has 2 aliphatic heterocycles. The summed E-state index contributed by atoms with van der Waals surface area (Å²) in [5.41, 5.74) is 1.45. The summed E-state index contributed by atoms with van der Waals surface area (Å²) in [6.07, 6.45) is 1.66. The van der Waals surface area contributed by atoms with Gasteiger partial charge < -0.3 is 48.2 Å². The van der Waals surface area contributed by atoms with Gasteiger partial charge in [-0.3, -0.25) is 9.80 Å². The van der Waals surface area contributed by atoms with Crippen LogP contribution in [0.1, 0.15) is 30.8 Å². The number of β-amino-alcohol motifs (C(OH)–C–C–N with tert-alkyl or cyclic N) is 2. The third-order valence-electron chi connectivity index (χ3n) is 14.3. The van der Waals surface area contributed by atoms with Crippen LogP contribution in [0.15, 0.2) is 128 Å². The first-order valence-corrected chi connectivity index (χ1v) is 30.3. The lowest BCUT2D eigenvalue weighted by molar-refractivity contribution is 0.0666. The Hall–Kier alpha value is -6.92. The van der Waals surface area contributed by atoms with E-state index in [9.17, 15) is 28.6 Å². The van der Waals surface area contributed by atoms with E-state index in [4.69, 9.17) is 18.7 Å². The number of aromatic amines is 1. The van der Waals surface area contributed by atoms with Crippen molar-refractivity contribution in [1.29, 1.82) is 0 Å². The maximum Gasteiger partial charge on any atom is 0.364 e. The van der Waals surface area contributed by atoms with Crippen LogP contribution in [0.3, 0.4) is 0 Å². The Kier molecular flexibility index (Phi) is 19.6. The number of pyridine rings is 2. The minimum absolute atomic E-state index is 0. The Morgan fingerprint density at radius 3 is 1.72 bits per heavy atom. The summed E-state index contributed by atoms with van der Waals surface area (Å²) in [5.74, 6) is 1.70. The fourth-order valence-corrected chi connectivity index (χ4v) is 11.0. The van der Waals surface area contributed by atoms with Crippen LogP contribution >= 0.6 is 24.8 Å². The highest BCUT2D eigenvalue weighted by Crippen LogP contribution is 2.31. The topological polar surface area (TPSA) is 216 Å². The molecule has 12 rings (SSSR count). The first-order valence-electron chi connectivity index (χ1n) is 26.6. The molecule has 0 aliphatic carbocycles. The van der Waals surface area contributed by atoms with E-state index < -0.39 is 31.5 Å². The SMILES string of the molecule is CCO.C[Si](C)(C)CCOCn1c(C(O)CN2CCN(c3nccc4ccc(F)cc34)CC2)nc2c(=O)oc3ccccc3c21.Cl.Cl.O=c1oc2ccccc2c2nc(C(O)CN3CCN(c4nccc5ccc(F)cc45)CC3)[nH]c12. The molecule has 0 bridgehead atoms. The van der Waals surface area contributed by atoms with Crippen LogP contribution < -0.4 is 21.1 Å². The van der Waals surface area contributed by atoms with Crippen molar-refractivity contribution in [3.05, 3.63) is 154 Å². The number of nitrogens with zero attached hydrogens (tertiary/aromatic N) is 9. The maximum atomic E-state index is 14.0. The van der Waals surface area contributed by atoms with Crippen LogP contribution in [0.25, 0.3) is 65.6 Å². The summed E-state index contributed by atoms with van der Waals surface area (Å²) >= 11 is 0. The van der Waals surface area contributed by atoms with E-state index in [0.717, 1.165) is 50.0 Å². The third-order valence-corrected chi connectivity index (χ3v) is 16.0. The highest BCUT2D eigenvalue weighted by atomic mass is 35.5. The van der Waals surface area contributed by atoms with Gasteiger partial charge in [0, 0.05) is 121 Å². The van der Waals surface area contributed by atoms with Crippen LogP contribution in [0, 0.1) is 11.6 Å². The molecule has 2 atom stereocenters. The van der Waals surface area contributed by atoms with Gasteiger partial charge in [0.15, 0.2) is 11.0 Å². The standard InChI is InChI=1S/C31H36FN5O4Si.C25H22FN5O3.C2H6O.2ClH/c1-42(2,3)17-16-40-20-37-28-23-6-4-5-7-26(23)41-31(39)27(28)34-30(37)25(38)19-35-12-14-36(15-13-35)29-24-18-22(32)9-8-21(24)10-11-33-29;26-16-6-5-15-7-8-27-24(18(15)13-16)31-11-9-30(10-12-31)14-19(32)23-28-21-17-3-1-2-4-20(17)34-25(33)22(21)29-23;1-2-3;;/h4-11,18,25,38H,12-17,19-20H2,1-3H3;1-8,13,19,32H,9-12,14H2,(H,28,29);3H,2H2,1H3;2*1H. The monoisotopic (exact) mass is 1170 g/mol. The normalized spacial score (nSPS) is 15.1. The molecule has 428 valence electrons. The van der Waals surface area contributed by atoms with E-state index in [-0.39, 0.29) is 60.8 Å². The first-order chi connectivity index (χ1) is 38.2. The largest absolute Gasteiger partial charge is 0.421 e. The Morgan fingerprint density at radius 2 is 1.16 bits per heavy atom. The van der Waals surface area contributed by atoms with E-state index in [0.29, 0.717) is 106 Å². The number of hydrogen-bond acceptors (Lipinski definition) is 16. The van der Waals surface area contributed by atoms with Gasteiger partial charge in [0.05, 0.1) is 5.52 Å². The summed E-state index contributed by atoms with van der Waals surface area (Å²) in [5, 5.41) is 34.9. The second-order valence-corrected chi connectivity index (χ2v) is 26.6. The number of imidazole rings is 2. The average molecular weight is 1170 g/mol. The molecule has 0 saturated carbocycles. The van der Waals surface area contributed by atoms with Gasteiger partial charge in [0.25, 0.3) is 0 Å². The fourth-order valence-electron chi connectivity index (χ4n) is 10.2. The van der Waals surface area contributed by atoms with Crippen molar-refractivity contribution in [3.8, 4) is 0 Å². The zero-order valence-electron chi connectivity index (χ0n) is 45.4. The van der Waals surface area contributed by atoms with Gasteiger partial charge in [-0.05, 0) is 84.4 Å². The number of benzene rings is 4. The van der Waals surface area contributed by atoms with Crippen LogP contribution in [0.5, 0.6) is 0 Å². The average Bonchev–Trinajstić information content (AvgIpc) is 4.22. The third kappa shape index (κ3) is 13.5. The number of piperazine rings is 2. The number of hydrogen-bond donors (Lipinski definition) is 4. The molecule has 6 aromatic heterocycles. The number of aromatic nitrogens is 6. The lowest BCUT2D eigenvalue weighted by atomic mass is 10.1. The van der Waals surface area contributed by atoms with Crippen molar-refractivity contribution in [3.63, 3.8) is 0 Å². The fraction of sp³-hybridized carbons (Fsp3) is 0.345. The quantitative estimate of drug-likeness (QED) is 0.0481. The highest BCUT2D eigenvalue weighted by Gasteiger charge is 2.29. The highest BCUT2D eigenvalue weighted by molar-refractivity contribution is 6.76.